The second-order valence-electron chi connectivity index (χ2n) is 3.85. The first-order valence-corrected chi connectivity index (χ1v) is 5.38. The van der Waals surface area contributed by atoms with Gasteiger partial charge in [-0.3, -0.25) is 0 Å². The van der Waals surface area contributed by atoms with Crippen LogP contribution in [0.15, 0.2) is 55.1 Å². The smallest absolute Gasteiger partial charge is 0 e. The van der Waals surface area contributed by atoms with E-state index in [0.29, 0.717) is 5.92 Å². The van der Waals surface area contributed by atoms with Gasteiger partial charge in [0.15, 0.2) is 0 Å². The second-order valence-corrected chi connectivity index (χ2v) is 3.85. The molecule has 0 spiro atoms. The fourth-order valence-corrected chi connectivity index (χ4v) is 1.14. The maximum Gasteiger partial charge on any atom is 0 e. The molecule has 1 aromatic rings. The summed E-state index contributed by atoms with van der Waals surface area (Å²) >= 11 is 0. The minimum Gasteiger partial charge on any atom is -0.103 e. The zero-order chi connectivity index (χ0) is 11.7. The quantitative estimate of drug-likeness (QED) is 0.602. The number of hydrogen-bond acceptors (Lipinski definition) is 0. The first-order valence-electron chi connectivity index (χ1n) is 5.38. The Morgan fingerprint density at radius 2 is 1.87 bits per heavy atom. The Labute approximate surface area is 97.3 Å². The number of rotatable bonds is 3. The average Bonchev–Trinajstić information content (AvgIpc) is 2.20. The Kier molecular flexibility index (Phi) is 7.35. The maximum absolute atomic E-state index is 3.95. The van der Waals surface area contributed by atoms with Crippen LogP contribution < -0.4 is 0 Å². The summed E-state index contributed by atoms with van der Waals surface area (Å²) in [4.78, 5) is 0. The predicted molar refractivity (Wildman–Crippen MR) is 74.2 cm³/mol. The van der Waals surface area contributed by atoms with Crippen LogP contribution in [0.2, 0.25) is 0 Å². The van der Waals surface area contributed by atoms with E-state index < -0.39 is 0 Å². The summed E-state index contributed by atoms with van der Waals surface area (Å²) in [5.74, 6) is 0.590. The largest absolute Gasteiger partial charge is 0.103 e. The maximum atomic E-state index is 3.95. The summed E-state index contributed by atoms with van der Waals surface area (Å²) in [6.45, 7) is 13.5. The lowest BCUT2D eigenvalue weighted by molar-refractivity contribution is 0.680. The highest BCUT2D eigenvalue weighted by atomic mass is 14.1. The van der Waals surface area contributed by atoms with Crippen molar-refractivity contribution in [2.75, 3.05) is 0 Å². The van der Waals surface area contributed by atoms with Gasteiger partial charge in [-0.25, -0.2) is 0 Å². The van der Waals surface area contributed by atoms with Crippen molar-refractivity contribution in [3.63, 3.8) is 0 Å². The molecule has 0 fully saturated rings. The van der Waals surface area contributed by atoms with Gasteiger partial charge in [-0.1, -0.05) is 55.5 Å². The highest BCUT2D eigenvalue weighted by Gasteiger charge is 2.02. The molecule has 0 aliphatic carbocycles. The summed E-state index contributed by atoms with van der Waals surface area (Å²) in [5, 5.41) is 0. The molecule has 0 saturated carbocycles. The first-order chi connectivity index (χ1) is 7.11. The molecule has 0 aromatic heterocycles. The normalized spacial score (nSPS) is 10.9. The lowest BCUT2D eigenvalue weighted by Crippen LogP contribution is -1.99. The lowest BCUT2D eigenvalue weighted by atomic mass is 9.96. The van der Waals surface area contributed by atoms with Crippen LogP contribution in [0.1, 0.15) is 29.2 Å². The molecule has 0 heteroatoms. The molecule has 0 aliphatic rings. The zero-order valence-electron chi connectivity index (χ0n) is 10.2. The summed E-state index contributed by atoms with van der Waals surface area (Å²) < 4.78 is 0. The third-order valence-corrected chi connectivity index (χ3v) is 2.23. The van der Waals surface area contributed by atoms with Crippen molar-refractivity contribution in [3.8, 4) is 0 Å². The van der Waals surface area contributed by atoms with Crippen LogP contribution >= 0.6 is 0 Å². The number of allylic oxidation sites excluding steroid dienone is 2. The van der Waals surface area contributed by atoms with E-state index >= 15 is 0 Å². The number of benzene rings is 1. The van der Waals surface area contributed by atoms with Crippen molar-refractivity contribution in [2.45, 2.75) is 27.2 Å². The molecule has 0 N–H and O–H groups in total. The van der Waals surface area contributed by atoms with Gasteiger partial charge in [0.05, 0.1) is 0 Å². The van der Waals surface area contributed by atoms with Crippen molar-refractivity contribution in [2.24, 2.45) is 5.92 Å². The Bertz CT molecular complexity index is 291. The summed E-state index contributed by atoms with van der Waals surface area (Å²) in [6, 6.07) is 10.6. The van der Waals surface area contributed by atoms with E-state index in [9.17, 15) is 0 Å². The summed E-state index contributed by atoms with van der Waals surface area (Å²) in [6.07, 6.45) is 2.86. The molecule has 1 unspecified atom stereocenters. The second kappa shape index (κ2) is 8.05. The van der Waals surface area contributed by atoms with Gasteiger partial charge in [0.1, 0.15) is 0 Å². The topological polar surface area (TPSA) is 0 Å². The molecular weight excluding hydrogens is 180 g/mol. The van der Waals surface area contributed by atoms with Gasteiger partial charge in [-0.15, -0.1) is 6.58 Å². The standard InChI is InChI=1S/C12H16.C3H6.2H2/c1-10(2)11(3)9-12-7-5-4-6-8-12;1-3-2;;/h4-8,11H,1,9H2,2-3H3;3H,1H2,2H3;2*1H. The van der Waals surface area contributed by atoms with Gasteiger partial charge < -0.3 is 0 Å². The van der Waals surface area contributed by atoms with Crippen LogP contribution in [0.3, 0.4) is 0 Å². The van der Waals surface area contributed by atoms with Crippen molar-refractivity contribution in [3.05, 3.63) is 60.7 Å². The SMILES string of the molecule is C=C(C)C(C)Cc1ccccc1.C=CC.[HH].[HH]. The van der Waals surface area contributed by atoms with E-state index in [1.807, 2.05) is 6.92 Å². The minimum absolute atomic E-state index is 0. The summed E-state index contributed by atoms with van der Waals surface area (Å²) in [7, 11) is 0. The van der Waals surface area contributed by atoms with Crippen LogP contribution in [0.4, 0.5) is 0 Å². The van der Waals surface area contributed by atoms with Gasteiger partial charge in [0, 0.05) is 2.85 Å². The van der Waals surface area contributed by atoms with E-state index in [1.165, 1.54) is 11.1 Å². The first kappa shape index (κ1) is 13.7. The fraction of sp³-hybridized carbons (Fsp3) is 0.333. The molecule has 0 bridgehead atoms. The molecule has 0 aliphatic heterocycles. The zero-order valence-corrected chi connectivity index (χ0v) is 10.2. The molecule has 1 atom stereocenters. The Balaban J connectivity index is -0.000000356. The van der Waals surface area contributed by atoms with E-state index in [1.54, 1.807) is 6.08 Å². The average molecular weight is 206 g/mol. The highest BCUT2D eigenvalue weighted by Crippen LogP contribution is 2.13. The van der Waals surface area contributed by atoms with Gasteiger partial charge in [-0.2, -0.15) is 0 Å². The molecule has 0 amide bonds. The molecule has 15 heavy (non-hydrogen) atoms. The molecule has 1 aromatic carbocycles. The van der Waals surface area contributed by atoms with Crippen LogP contribution in [0.25, 0.3) is 0 Å². The Hall–Kier alpha value is -1.30. The third kappa shape index (κ3) is 6.73. The van der Waals surface area contributed by atoms with Gasteiger partial charge in [-0.05, 0) is 31.7 Å². The van der Waals surface area contributed by atoms with Crippen molar-refractivity contribution in [1.29, 1.82) is 0 Å². The van der Waals surface area contributed by atoms with Crippen molar-refractivity contribution >= 4 is 0 Å². The highest BCUT2D eigenvalue weighted by molar-refractivity contribution is 5.16. The fourth-order valence-electron chi connectivity index (χ4n) is 1.14. The third-order valence-electron chi connectivity index (χ3n) is 2.23. The van der Waals surface area contributed by atoms with E-state index in [-0.39, 0.29) is 2.85 Å². The number of hydrogen-bond donors (Lipinski definition) is 0. The Morgan fingerprint density at radius 1 is 1.40 bits per heavy atom. The van der Waals surface area contributed by atoms with E-state index in [2.05, 4.69) is 57.3 Å². The molecule has 86 valence electrons. The monoisotopic (exact) mass is 206 g/mol. The molecule has 0 heterocycles. The molecule has 1 rings (SSSR count). The molecule has 0 nitrogen and oxygen atoms in total. The van der Waals surface area contributed by atoms with Gasteiger partial charge >= 0.3 is 0 Å². The van der Waals surface area contributed by atoms with E-state index in [4.69, 9.17) is 0 Å². The molecular formula is C15H26. The van der Waals surface area contributed by atoms with Crippen LogP contribution in [0.5, 0.6) is 0 Å². The van der Waals surface area contributed by atoms with Crippen molar-refractivity contribution in [1.82, 2.24) is 0 Å². The van der Waals surface area contributed by atoms with Crippen molar-refractivity contribution < 1.29 is 2.85 Å². The van der Waals surface area contributed by atoms with Gasteiger partial charge in [0.25, 0.3) is 0 Å². The minimum atomic E-state index is 0. The van der Waals surface area contributed by atoms with Crippen LogP contribution in [-0.2, 0) is 6.42 Å². The van der Waals surface area contributed by atoms with E-state index in [0.717, 1.165) is 6.42 Å². The Morgan fingerprint density at radius 3 is 2.27 bits per heavy atom. The van der Waals surface area contributed by atoms with Gasteiger partial charge in [0.2, 0.25) is 0 Å². The van der Waals surface area contributed by atoms with Crippen LogP contribution in [-0.4, -0.2) is 0 Å². The van der Waals surface area contributed by atoms with Crippen LogP contribution in [0, 0.1) is 5.92 Å². The summed E-state index contributed by atoms with van der Waals surface area (Å²) in [5.41, 5.74) is 2.66. The lowest BCUT2D eigenvalue weighted by Gasteiger charge is -2.10. The predicted octanol–water partition coefficient (Wildman–Crippen LogP) is 5.13. The molecule has 0 radical (unpaired) electrons. The molecule has 0 saturated heterocycles.